The second kappa shape index (κ2) is 11.0. The molecule has 0 bridgehead atoms. The average molecular weight is 349 g/mol. The van der Waals surface area contributed by atoms with Crippen LogP contribution in [0.1, 0.15) is 53.4 Å². The Labute approximate surface area is 143 Å². The molecule has 8 heteroatoms. The molecule has 3 N–H and O–H groups in total. The monoisotopic (exact) mass is 349 g/mol. The Kier molecular flexibility index (Phi) is 11.3. The molecule has 0 rings (SSSR count). The molecule has 0 amide bonds. The summed E-state index contributed by atoms with van der Waals surface area (Å²) in [5.74, 6) is -2.83. The summed E-state index contributed by atoms with van der Waals surface area (Å²) in [6.45, 7) is 6.67. The summed E-state index contributed by atoms with van der Waals surface area (Å²) in [5, 5.41) is 26.6. The number of carbonyl (C=O) groups excluding carboxylic acids is 1. The number of hydrogen-bond acceptors (Lipinski definition) is 6. The highest BCUT2D eigenvalue weighted by Gasteiger charge is 2.40. The normalized spacial score (nSPS) is 15.5. The molecule has 2 atom stereocenters. The molecule has 0 aliphatic rings. The predicted octanol–water partition coefficient (Wildman–Crippen LogP) is 1.36. The van der Waals surface area contributed by atoms with Gasteiger partial charge in [-0.25, -0.2) is 9.59 Å². The van der Waals surface area contributed by atoms with Crippen molar-refractivity contribution < 1.29 is 34.4 Å². The minimum Gasteiger partial charge on any atom is -0.481 e. The van der Waals surface area contributed by atoms with E-state index in [9.17, 15) is 19.5 Å². The number of carboxylic acids is 2. The maximum Gasteiger partial charge on any atom is 0.347 e. The highest BCUT2D eigenvalue weighted by Crippen LogP contribution is 2.20. The third kappa shape index (κ3) is 10.2. The summed E-state index contributed by atoms with van der Waals surface area (Å²) in [5.41, 5.74) is -3.21. The molecule has 0 spiro atoms. The second-order valence-corrected chi connectivity index (χ2v) is 6.21. The molecule has 24 heavy (non-hydrogen) atoms. The number of carbonyl (C=O) groups is 3. The number of esters is 1. The minimum absolute atomic E-state index is 0.147. The molecular formula is C16H31NO7. The van der Waals surface area contributed by atoms with Crippen LogP contribution in [0.15, 0.2) is 0 Å². The summed E-state index contributed by atoms with van der Waals surface area (Å²) < 4.78 is 4.82. The lowest BCUT2D eigenvalue weighted by atomic mass is 10.0. The third-order valence-electron chi connectivity index (χ3n) is 3.57. The third-order valence-corrected chi connectivity index (χ3v) is 3.57. The maximum atomic E-state index is 11.4. The van der Waals surface area contributed by atoms with Gasteiger partial charge < -0.3 is 25.0 Å². The first kappa shape index (κ1) is 24.6. The highest BCUT2D eigenvalue weighted by atomic mass is 16.6. The molecule has 0 saturated carbocycles. The largest absolute Gasteiger partial charge is 0.481 e. The van der Waals surface area contributed by atoms with Gasteiger partial charge in [-0.1, -0.05) is 13.8 Å². The predicted molar refractivity (Wildman–Crippen MR) is 88.8 cm³/mol. The van der Waals surface area contributed by atoms with Gasteiger partial charge in [0.2, 0.25) is 5.60 Å². The van der Waals surface area contributed by atoms with E-state index in [4.69, 9.17) is 14.9 Å². The van der Waals surface area contributed by atoms with Crippen LogP contribution in [-0.2, 0) is 19.1 Å². The Morgan fingerprint density at radius 1 is 1.04 bits per heavy atom. The zero-order valence-corrected chi connectivity index (χ0v) is 15.5. The molecule has 0 aliphatic heterocycles. The molecule has 0 aromatic carbocycles. The van der Waals surface area contributed by atoms with Crippen LogP contribution in [-0.4, -0.2) is 70.0 Å². The van der Waals surface area contributed by atoms with E-state index in [1.165, 1.54) is 13.8 Å². The van der Waals surface area contributed by atoms with Crippen molar-refractivity contribution in [3.63, 3.8) is 0 Å². The van der Waals surface area contributed by atoms with Gasteiger partial charge in [-0.3, -0.25) is 4.79 Å². The number of aliphatic carboxylic acids is 2. The summed E-state index contributed by atoms with van der Waals surface area (Å²) >= 11 is 0. The van der Waals surface area contributed by atoms with Crippen molar-refractivity contribution in [2.45, 2.75) is 64.6 Å². The first-order chi connectivity index (χ1) is 10.8. The molecule has 0 radical (unpaired) electrons. The molecule has 0 aromatic rings. The van der Waals surface area contributed by atoms with Gasteiger partial charge in [-0.15, -0.1) is 0 Å². The molecule has 2 unspecified atom stereocenters. The van der Waals surface area contributed by atoms with Gasteiger partial charge in [0.1, 0.15) is 0 Å². The Morgan fingerprint density at radius 3 is 1.83 bits per heavy atom. The van der Waals surface area contributed by atoms with Crippen molar-refractivity contribution in [2.24, 2.45) is 0 Å². The van der Waals surface area contributed by atoms with E-state index in [1.54, 1.807) is 13.8 Å². The lowest BCUT2D eigenvalue weighted by molar-refractivity contribution is -0.189. The van der Waals surface area contributed by atoms with Gasteiger partial charge in [-0.05, 0) is 53.8 Å². The first-order valence-electron chi connectivity index (χ1n) is 7.88. The van der Waals surface area contributed by atoms with Gasteiger partial charge in [0.15, 0.2) is 5.60 Å². The van der Waals surface area contributed by atoms with Crippen LogP contribution in [0.4, 0.5) is 0 Å². The zero-order chi connectivity index (χ0) is 19.6. The molecule has 8 nitrogen and oxygen atoms in total. The number of carboxylic acid groups (broad SMARTS) is 2. The fourth-order valence-electron chi connectivity index (χ4n) is 1.27. The number of hydrogen-bond donors (Lipinski definition) is 3. The number of ether oxygens (including phenoxy) is 1. The minimum atomic E-state index is -1.63. The van der Waals surface area contributed by atoms with Crippen molar-refractivity contribution in [2.75, 3.05) is 20.6 Å². The Balaban J connectivity index is 0. The van der Waals surface area contributed by atoms with Gasteiger partial charge in [-0.2, -0.15) is 0 Å². The van der Waals surface area contributed by atoms with Crippen LogP contribution in [0.25, 0.3) is 0 Å². The van der Waals surface area contributed by atoms with Crippen molar-refractivity contribution >= 4 is 17.9 Å². The van der Waals surface area contributed by atoms with E-state index in [1.807, 2.05) is 19.0 Å². The van der Waals surface area contributed by atoms with Crippen LogP contribution in [0.5, 0.6) is 0 Å². The van der Waals surface area contributed by atoms with Crippen molar-refractivity contribution in [1.82, 2.24) is 4.90 Å². The lowest BCUT2D eigenvalue weighted by Crippen LogP contribution is -2.46. The van der Waals surface area contributed by atoms with Gasteiger partial charge in [0, 0.05) is 6.42 Å². The molecule has 0 aliphatic carbocycles. The lowest BCUT2D eigenvalue weighted by Gasteiger charge is -2.28. The Hall–Kier alpha value is -1.67. The number of aliphatic hydroxyl groups is 1. The summed E-state index contributed by atoms with van der Waals surface area (Å²) in [7, 11) is 3.86. The quantitative estimate of drug-likeness (QED) is 0.533. The number of nitrogens with zero attached hydrogens (tertiary/aromatic N) is 1. The van der Waals surface area contributed by atoms with Crippen LogP contribution in [0.3, 0.4) is 0 Å². The van der Waals surface area contributed by atoms with Gasteiger partial charge >= 0.3 is 17.9 Å². The van der Waals surface area contributed by atoms with Crippen molar-refractivity contribution in [1.29, 1.82) is 0 Å². The summed E-state index contributed by atoms with van der Waals surface area (Å²) in [4.78, 5) is 34.2. The highest BCUT2D eigenvalue weighted by molar-refractivity contribution is 5.85. The maximum absolute atomic E-state index is 11.4. The molecule has 0 fully saturated rings. The van der Waals surface area contributed by atoms with Crippen LogP contribution in [0.2, 0.25) is 0 Å². The van der Waals surface area contributed by atoms with E-state index in [2.05, 4.69) is 0 Å². The molecular weight excluding hydrogens is 318 g/mol. The van der Waals surface area contributed by atoms with Crippen molar-refractivity contribution in [3.8, 4) is 0 Å². The smallest absolute Gasteiger partial charge is 0.347 e. The van der Waals surface area contributed by atoms with E-state index < -0.39 is 29.1 Å². The number of rotatable bonds is 9. The van der Waals surface area contributed by atoms with E-state index >= 15 is 0 Å². The summed E-state index contributed by atoms with van der Waals surface area (Å²) in [6.07, 6.45) is 1.33. The second-order valence-electron chi connectivity index (χ2n) is 6.21. The molecule has 0 heterocycles. The van der Waals surface area contributed by atoms with E-state index in [0.717, 1.165) is 13.0 Å². The molecule has 0 saturated heterocycles. The fourth-order valence-corrected chi connectivity index (χ4v) is 1.27. The first-order valence-corrected chi connectivity index (χ1v) is 7.88. The van der Waals surface area contributed by atoms with Crippen LogP contribution in [0, 0.1) is 0 Å². The van der Waals surface area contributed by atoms with Crippen LogP contribution < -0.4 is 0 Å². The van der Waals surface area contributed by atoms with Gasteiger partial charge in [0.05, 0.1) is 0 Å². The van der Waals surface area contributed by atoms with E-state index in [-0.39, 0.29) is 19.3 Å². The standard InChI is InChI=1S/C10H18O5.C6H13NO2/c1-5-9(3,14)8(13)15-10(4,6-2)7(11)12;1-7(2)5-3-4-6(8)9/h14H,5-6H2,1-4H3,(H,11,12);3-5H2,1-2H3,(H,8,9). The van der Waals surface area contributed by atoms with E-state index in [0.29, 0.717) is 0 Å². The molecule has 142 valence electrons. The topological polar surface area (TPSA) is 124 Å². The SMILES string of the molecule is CCC(C)(O)C(=O)OC(C)(CC)C(=O)O.CN(C)CCCC(=O)O. The molecule has 0 aromatic heterocycles. The van der Waals surface area contributed by atoms with Gasteiger partial charge in [0.25, 0.3) is 0 Å². The average Bonchev–Trinajstić information content (AvgIpc) is 2.46. The van der Waals surface area contributed by atoms with Crippen LogP contribution >= 0.6 is 0 Å². The Morgan fingerprint density at radius 2 is 1.54 bits per heavy atom. The fraction of sp³-hybridized carbons (Fsp3) is 0.812. The summed E-state index contributed by atoms with van der Waals surface area (Å²) in [6, 6.07) is 0. The van der Waals surface area contributed by atoms with Crippen molar-refractivity contribution in [3.05, 3.63) is 0 Å². The zero-order valence-electron chi connectivity index (χ0n) is 15.5. The Bertz CT molecular complexity index is 421.